The predicted molar refractivity (Wildman–Crippen MR) is 65.7 cm³/mol. The normalized spacial score (nSPS) is 17.8. The molecule has 1 aromatic heterocycles. The highest BCUT2D eigenvalue weighted by molar-refractivity contribution is 5.70. The van der Waals surface area contributed by atoms with Crippen LogP contribution in [0.1, 0.15) is 18.2 Å². The molecule has 18 heavy (non-hydrogen) atoms. The number of ether oxygens (including phenoxy) is 1. The van der Waals surface area contributed by atoms with E-state index in [1.165, 1.54) is 7.11 Å². The van der Waals surface area contributed by atoms with Gasteiger partial charge in [-0.3, -0.25) is 9.80 Å². The second-order valence-corrected chi connectivity index (χ2v) is 3.73. The summed E-state index contributed by atoms with van der Waals surface area (Å²) in [7, 11) is 1.38. The van der Waals surface area contributed by atoms with Crippen LogP contribution in [0.3, 0.4) is 0 Å². The number of carbonyl (C=O) groups excluding carboxylic acids is 1. The summed E-state index contributed by atoms with van der Waals surface area (Å²) < 4.78 is 4.57. The number of methoxy groups -OCH3 is 1. The van der Waals surface area contributed by atoms with Gasteiger partial charge in [-0.05, 0) is 6.07 Å². The summed E-state index contributed by atoms with van der Waals surface area (Å²) in [6.45, 7) is 0.502. The molecule has 2 heterocycles. The van der Waals surface area contributed by atoms with Crippen LogP contribution in [0.5, 0.6) is 0 Å². The van der Waals surface area contributed by atoms with Crippen molar-refractivity contribution in [2.24, 2.45) is 5.10 Å². The molecular weight excluding hydrogens is 232 g/mol. The smallest absolute Gasteiger partial charge is 0.307 e. The van der Waals surface area contributed by atoms with Crippen LogP contribution >= 0.6 is 0 Å². The van der Waals surface area contributed by atoms with Crippen molar-refractivity contribution >= 4 is 12.2 Å². The molecule has 0 aliphatic carbocycles. The third-order valence-electron chi connectivity index (χ3n) is 2.50. The number of allylic oxidation sites excluding steroid dienone is 1. The maximum Gasteiger partial charge on any atom is 0.307 e. The molecule has 0 radical (unpaired) electrons. The molecule has 0 spiro atoms. The van der Waals surface area contributed by atoms with Crippen molar-refractivity contribution in [2.75, 3.05) is 13.7 Å². The minimum atomic E-state index is -0.243. The predicted octanol–water partition coefficient (Wildman–Crippen LogP) is 0.938. The molecule has 6 nitrogen and oxygen atoms in total. The Bertz CT molecular complexity index is 444. The molecule has 1 unspecified atom stereocenters. The number of hydrazone groups is 1. The first-order valence-electron chi connectivity index (χ1n) is 5.62. The van der Waals surface area contributed by atoms with Gasteiger partial charge in [0.2, 0.25) is 0 Å². The van der Waals surface area contributed by atoms with E-state index in [9.17, 15) is 4.79 Å². The van der Waals surface area contributed by atoms with Gasteiger partial charge in [0.05, 0.1) is 26.0 Å². The van der Waals surface area contributed by atoms with Gasteiger partial charge in [-0.25, -0.2) is 9.97 Å². The van der Waals surface area contributed by atoms with Crippen molar-refractivity contribution in [1.82, 2.24) is 15.0 Å². The highest BCUT2D eigenvalue weighted by Crippen LogP contribution is 2.14. The maximum absolute atomic E-state index is 11.0. The van der Waals surface area contributed by atoms with E-state index in [4.69, 9.17) is 0 Å². The zero-order valence-electron chi connectivity index (χ0n) is 10.1. The van der Waals surface area contributed by atoms with Crippen LogP contribution in [-0.2, 0) is 9.53 Å². The third kappa shape index (κ3) is 3.13. The Labute approximate surface area is 105 Å². The van der Waals surface area contributed by atoms with E-state index in [0.717, 1.165) is 0 Å². The van der Waals surface area contributed by atoms with Crippen LogP contribution in [0.2, 0.25) is 0 Å². The molecule has 0 saturated heterocycles. The summed E-state index contributed by atoms with van der Waals surface area (Å²) in [4.78, 5) is 19.3. The molecule has 1 aliphatic heterocycles. The van der Waals surface area contributed by atoms with Crippen LogP contribution < -0.4 is 0 Å². The Morgan fingerprint density at radius 2 is 2.22 bits per heavy atom. The van der Waals surface area contributed by atoms with Crippen molar-refractivity contribution in [2.45, 2.75) is 12.3 Å². The number of esters is 1. The molecule has 0 saturated carbocycles. The van der Waals surface area contributed by atoms with E-state index in [0.29, 0.717) is 18.8 Å². The molecule has 0 fully saturated rings. The van der Waals surface area contributed by atoms with Crippen LogP contribution in [0, 0.1) is 0 Å². The fraction of sp³-hybridized carbons (Fsp3) is 0.333. The van der Waals surface area contributed by atoms with Crippen LogP contribution in [0.15, 0.2) is 35.8 Å². The lowest BCUT2D eigenvalue weighted by Crippen LogP contribution is -2.20. The molecule has 0 bridgehead atoms. The highest BCUT2D eigenvalue weighted by atomic mass is 16.5. The Balaban J connectivity index is 1.89. The Hall–Kier alpha value is -2.24. The minimum absolute atomic E-state index is 0.0134. The number of hydrogen-bond acceptors (Lipinski definition) is 6. The summed E-state index contributed by atoms with van der Waals surface area (Å²) in [6, 6.07) is 1.77. The highest BCUT2D eigenvalue weighted by Gasteiger charge is 2.13. The summed E-state index contributed by atoms with van der Waals surface area (Å²) in [6.07, 6.45) is 9.24. The standard InChI is InChI=1S/C12H14N4O2/c1-18-11(17)4-8-16-7-3-10(9-15-16)12-13-5-2-6-14-12/h2-3,5-7,9-10H,4,8H2,1H3. The number of rotatable bonds is 4. The topological polar surface area (TPSA) is 67.7 Å². The number of aromatic nitrogens is 2. The number of hydrogen-bond donors (Lipinski definition) is 0. The quantitative estimate of drug-likeness (QED) is 0.739. The van der Waals surface area contributed by atoms with Crippen LogP contribution in [0.4, 0.5) is 0 Å². The van der Waals surface area contributed by atoms with Crippen molar-refractivity contribution in [3.8, 4) is 0 Å². The molecule has 2 rings (SSSR count). The Morgan fingerprint density at radius 1 is 1.44 bits per heavy atom. The maximum atomic E-state index is 11.0. The van der Waals surface area contributed by atoms with Crippen LogP contribution in [0.25, 0.3) is 0 Å². The van der Waals surface area contributed by atoms with Gasteiger partial charge in [0, 0.05) is 24.8 Å². The lowest BCUT2D eigenvalue weighted by molar-refractivity contribution is -0.140. The fourth-order valence-electron chi connectivity index (χ4n) is 1.51. The molecule has 94 valence electrons. The molecule has 0 amide bonds. The van der Waals surface area contributed by atoms with Gasteiger partial charge in [-0.2, -0.15) is 5.10 Å². The lowest BCUT2D eigenvalue weighted by atomic mass is 10.1. The van der Waals surface area contributed by atoms with Crippen molar-refractivity contribution in [3.05, 3.63) is 36.6 Å². The van der Waals surface area contributed by atoms with Crippen molar-refractivity contribution < 1.29 is 9.53 Å². The molecule has 1 atom stereocenters. The first-order valence-corrected chi connectivity index (χ1v) is 5.62. The summed E-state index contributed by atoms with van der Waals surface area (Å²) in [5.74, 6) is 0.456. The van der Waals surface area contributed by atoms with Crippen molar-refractivity contribution in [3.63, 3.8) is 0 Å². The monoisotopic (exact) mass is 246 g/mol. The Kier molecular flexibility index (Phi) is 4.01. The van der Waals surface area contributed by atoms with Gasteiger partial charge in [-0.1, -0.05) is 6.08 Å². The van der Waals surface area contributed by atoms with E-state index < -0.39 is 0 Å². The second kappa shape index (κ2) is 5.90. The Morgan fingerprint density at radius 3 is 2.83 bits per heavy atom. The van der Waals surface area contributed by atoms with E-state index in [2.05, 4.69) is 19.8 Å². The van der Waals surface area contributed by atoms with Gasteiger partial charge in [0.1, 0.15) is 5.82 Å². The first kappa shape index (κ1) is 12.2. The largest absolute Gasteiger partial charge is 0.469 e. The van der Waals surface area contributed by atoms with Gasteiger partial charge < -0.3 is 4.74 Å². The molecular formula is C12H14N4O2. The van der Waals surface area contributed by atoms with E-state index in [1.54, 1.807) is 29.7 Å². The van der Waals surface area contributed by atoms with Crippen molar-refractivity contribution in [1.29, 1.82) is 0 Å². The minimum Gasteiger partial charge on any atom is -0.469 e. The summed E-state index contributed by atoms with van der Waals surface area (Å²) in [5, 5.41) is 5.92. The van der Waals surface area contributed by atoms with E-state index in [-0.39, 0.29) is 11.9 Å². The zero-order chi connectivity index (χ0) is 12.8. The van der Waals surface area contributed by atoms with E-state index >= 15 is 0 Å². The van der Waals surface area contributed by atoms with Gasteiger partial charge in [0.25, 0.3) is 0 Å². The van der Waals surface area contributed by atoms with Crippen LogP contribution in [-0.4, -0.2) is 40.8 Å². The summed E-state index contributed by atoms with van der Waals surface area (Å²) in [5.41, 5.74) is 0. The fourth-order valence-corrected chi connectivity index (χ4v) is 1.51. The van der Waals surface area contributed by atoms with E-state index in [1.807, 2.05) is 12.3 Å². The number of carbonyl (C=O) groups is 1. The molecule has 6 heteroatoms. The van der Waals surface area contributed by atoms with Gasteiger partial charge in [0.15, 0.2) is 0 Å². The zero-order valence-corrected chi connectivity index (χ0v) is 10.1. The average Bonchev–Trinajstić information content (AvgIpc) is 2.46. The first-order chi connectivity index (χ1) is 8.79. The van der Waals surface area contributed by atoms with Gasteiger partial charge >= 0.3 is 5.97 Å². The summed E-state index contributed by atoms with van der Waals surface area (Å²) >= 11 is 0. The molecule has 1 aromatic rings. The molecule has 0 N–H and O–H groups in total. The second-order valence-electron chi connectivity index (χ2n) is 3.73. The third-order valence-corrected chi connectivity index (χ3v) is 2.50. The lowest BCUT2D eigenvalue weighted by Gasteiger charge is -2.19. The SMILES string of the molecule is COC(=O)CCN1C=CC(c2ncccn2)C=N1. The van der Waals surface area contributed by atoms with Gasteiger partial charge in [-0.15, -0.1) is 0 Å². The average molecular weight is 246 g/mol. The molecule has 0 aromatic carbocycles. The number of nitrogens with zero attached hydrogens (tertiary/aromatic N) is 4. The molecule has 1 aliphatic rings.